The molecule has 3 N–H and O–H groups in total. The van der Waals surface area contributed by atoms with Gasteiger partial charge in [0.25, 0.3) is 15.9 Å². The highest BCUT2D eigenvalue weighted by Gasteiger charge is 2.20. The highest BCUT2D eigenvalue weighted by molar-refractivity contribution is 7.92. The molecule has 0 aliphatic heterocycles. The fourth-order valence-electron chi connectivity index (χ4n) is 3.53. The van der Waals surface area contributed by atoms with E-state index in [0.717, 1.165) is 0 Å². The number of carbonyl (C=O) groups is 1. The van der Waals surface area contributed by atoms with E-state index < -0.39 is 15.9 Å². The zero-order valence-electron chi connectivity index (χ0n) is 22.3. The van der Waals surface area contributed by atoms with Gasteiger partial charge in [-0.1, -0.05) is 0 Å². The molecule has 1 aromatic heterocycles. The van der Waals surface area contributed by atoms with Crippen molar-refractivity contribution in [3.8, 4) is 17.2 Å². The number of hydrogen-bond acceptors (Lipinski definition) is 9. The summed E-state index contributed by atoms with van der Waals surface area (Å²) in [5, 5.41) is 5.49. The van der Waals surface area contributed by atoms with Crippen LogP contribution >= 0.6 is 12.2 Å². The topological polar surface area (TPSA) is 141 Å². The lowest BCUT2D eigenvalue weighted by molar-refractivity contribution is 0.0976. The van der Waals surface area contributed by atoms with E-state index in [4.69, 9.17) is 26.4 Å². The molecule has 0 aliphatic carbocycles. The Hall–Kier alpha value is -3.97. The molecule has 13 heteroatoms. The Labute approximate surface area is 233 Å². The van der Waals surface area contributed by atoms with Gasteiger partial charge in [0, 0.05) is 22.6 Å². The summed E-state index contributed by atoms with van der Waals surface area (Å²) in [5.74, 6) is 0.686. The normalized spacial score (nSPS) is 10.9. The molecule has 0 bridgehead atoms. The van der Waals surface area contributed by atoms with Gasteiger partial charge in [-0.05, 0) is 89.3 Å². The number of nitrogens with zero attached hydrogens (tertiary/aromatic N) is 2. The van der Waals surface area contributed by atoms with Crippen LogP contribution in [-0.2, 0) is 10.0 Å². The largest absolute Gasteiger partial charge is 0.490 e. The van der Waals surface area contributed by atoms with Crippen molar-refractivity contribution in [2.24, 2.45) is 0 Å². The molecule has 0 fully saturated rings. The maximum Gasteiger partial charge on any atom is 0.264 e. The molecule has 11 nitrogen and oxygen atoms in total. The van der Waals surface area contributed by atoms with Crippen LogP contribution in [0.2, 0.25) is 0 Å². The molecule has 0 spiro atoms. The van der Waals surface area contributed by atoms with E-state index in [1.54, 1.807) is 32.0 Å². The second kappa shape index (κ2) is 13.2. The first-order valence-corrected chi connectivity index (χ1v) is 14.1. The first-order valence-electron chi connectivity index (χ1n) is 12.2. The molecule has 0 unspecified atom stereocenters. The van der Waals surface area contributed by atoms with Gasteiger partial charge in [-0.3, -0.25) is 10.1 Å². The monoisotopic (exact) mass is 573 g/mol. The third-order valence-electron chi connectivity index (χ3n) is 5.03. The van der Waals surface area contributed by atoms with Gasteiger partial charge in [0.15, 0.2) is 16.6 Å². The van der Waals surface area contributed by atoms with Crippen molar-refractivity contribution in [1.29, 1.82) is 0 Å². The van der Waals surface area contributed by atoms with E-state index >= 15 is 0 Å². The summed E-state index contributed by atoms with van der Waals surface area (Å²) in [4.78, 5) is 21.2. The molecular formula is C26H31N5O6S2. The minimum absolute atomic E-state index is 0.00654. The van der Waals surface area contributed by atoms with Crippen molar-refractivity contribution < 1.29 is 27.4 Å². The summed E-state index contributed by atoms with van der Waals surface area (Å²) in [6.07, 6.45) is 0. The third kappa shape index (κ3) is 8.01. The summed E-state index contributed by atoms with van der Waals surface area (Å²) < 4.78 is 44.9. The Morgan fingerprint density at radius 1 is 0.872 bits per heavy atom. The van der Waals surface area contributed by atoms with Crippen molar-refractivity contribution in [1.82, 2.24) is 15.3 Å². The van der Waals surface area contributed by atoms with Crippen LogP contribution in [0.1, 0.15) is 42.5 Å². The Morgan fingerprint density at radius 2 is 1.41 bits per heavy atom. The van der Waals surface area contributed by atoms with Gasteiger partial charge >= 0.3 is 0 Å². The minimum Gasteiger partial charge on any atom is -0.490 e. The van der Waals surface area contributed by atoms with E-state index in [2.05, 4.69) is 25.3 Å². The molecule has 208 valence electrons. The molecule has 1 amide bonds. The standard InChI is InChI=1S/C26H31N5O6S2/c1-6-35-21-14-18(15-22(36-7-2)23(21)37-8-3)24(32)30-26(38)29-19-9-11-20(12-10-19)39(33,34)31-25-27-16(4)13-17(5)28-25/h9-15H,6-8H2,1-5H3,(H,27,28,31)(H2,29,30,32,38). The highest BCUT2D eigenvalue weighted by Crippen LogP contribution is 2.39. The molecule has 0 saturated heterocycles. The number of amides is 1. The Kier molecular flexibility index (Phi) is 10.0. The zero-order valence-corrected chi connectivity index (χ0v) is 24.0. The second-order valence-electron chi connectivity index (χ2n) is 8.11. The van der Waals surface area contributed by atoms with Gasteiger partial charge in [-0.2, -0.15) is 0 Å². The molecule has 0 atom stereocenters. The van der Waals surface area contributed by atoms with Gasteiger partial charge in [0.1, 0.15) is 0 Å². The van der Waals surface area contributed by atoms with Crippen LogP contribution in [0.4, 0.5) is 11.6 Å². The first-order chi connectivity index (χ1) is 18.6. The molecule has 2 aromatic carbocycles. The van der Waals surface area contributed by atoms with Gasteiger partial charge < -0.3 is 19.5 Å². The lowest BCUT2D eigenvalue weighted by Gasteiger charge is -2.17. The third-order valence-corrected chi connectivity index (χ3v) is 6.58. The second-order valence-corrected chi connectivity index (χ2v) is 10.2. The number of anilines is 2. The Balaban J connectivity index is 1.70. The maximum absolute atomic E-state index is 12.9. The lowest BCUT2D eigenvalue weighted by atomic mass is 10.1. The van der Waals surface area contributed by atoms with Crippen LogP contribution in [0.15, 0.2) is 47.4 Å². The van der Waals surface area contributed by atoms with Gasteiger partial charge in [0.2, 0.25) is 11.7 Å². The van der Waals surface area contributed by atoms with E-state index in [0.29, 0.717) is 54.1 Å². The summed E-state index contributed by atoms with van der Waals surface area (Å²) >= 11 is 5.29. The molecule has 3 rings (SSSR count). The van der Waals surface area contributed by atoms with Crippen LogP contribution in [0.5, 0.6) is 17.2 Å². The van der Waals surface area contributed by atoms with Crippen LogP contribution in [-0.4, -0.2) is 49.2 Å². The zero-order chi connectivity index (χ0) is 28.6. The molecular weight excluding hydrogens is 542 g/mol. The van der Waals surface area contributed by atoms with Gasteiger partial charge in [0.05, 0.1) is 24.7 Å². The number of sulfonamides is 1. The number of aromatic nitrogens is 2. The van der Waals surface area contributed by atoms with Crippen LogP contribution in [0.3, 0.4) is 0 Å². The number of nitrogens with one attached hydrogen (secondary N) is 3. The summed E-state index contributed by atoms with van der Waals surface area (Å²) in [7, 11) is -3.91. The first kappa shape index (κ1) is 29.6. The van der Waals surface area contributed by atoms with Crippen molar-refractivity contribution in [2.75, 3.05) is 29.9 Å². The van der Waals surface area contributed by atoms with Crippen molar-refractivity contribution in [3.05, 3.63) is 59.4 Å². The van der Waals surface area contributed by atoms with Gasteiger partial charge in [-0.15, -0.1) is 0 Å². The molecule has 3 aromatic rings. The molecule has 39 heavy (non-hydrogen) atoms. The van der Waals surface area contributed by atoms with Crippen molar-refractivity contribution in [3.63, 3.8) is 0 Å². The summed E-state index contributed by atoms with van der Waals surface area (Å²) in [6.45, 7) is 10.1. The average Bonchev–Trinajstić information content (AvgIpc) is 2.85. The van der Waals surface area contributed by atoms with Crippen LogP contribution in [0, 0.1) is 13.8 Å². The van der Waals surface area contributed by atoms with Gasteiger partial charge in [-0.25, -0.2) is 23.1 Å². The lowest BCUT2D eigenvalue weighted by Crippen LogP contribution is -2.34. The fraction of sp³-hybridized carbons (Fsp3) is 0.308. The minimum atomic E-state index is -3.91. The summed E-state index contributed by atoms with van der Waals surface area (Å²) in [6, 6.07) is 10.7. The number of aryl methyl sites for hydroxylation is 2. The number of benzene rings is 2. The number of hydrogen-bond donors (Lipinski definition) is 3. The molecule has 0 saturated carbocycles. The quantitative estimate of drug-likeness (QED) is 0.286. The van der Waals surface area contributed by atoms with Crippen molar-refractivity contribution in [2.45, 2.75) is 39.5 Å². The Bertz CT molecular complexity index is 1400. The number of carbonyl (C=O) groups excluding carboxylic acids is 1. The van der Waals surface area contributed by atoms with E-state index in [1.807, 2.05) is 20.8 Å². The predicted octanol–water partition coefficient (Wildman–Crippen LogP) is 4.22. The molecule has 0 aliphatic rings. The fourth-order valence-corrected chi connectivity index (χ4v) is 4.68. The van der Waals surface area contributed by atoms with Crippen molar-refractivity contribution >= 4 is 44.9 Å². The summed E-state index contributed by atoms with van der Waals surface area (Å²) in [5.41, 5.74) is 2.02. The van der Waals surface area contributed by atoms with E-state index in [1.165, 1.54) is 24.3 Å². The Morgan fingerprint density at radius 3 is 1.92 bits per heavy atom. The smallest absolute Gasteiger partial charge is 0.264 e. The maximum atomic E-state index is 12.9. The number of rotatable bonds is 11. The highest BCUT2D eigenvalue weighted by atomic mass is 32.2. The van der Waals surface area contributed by atoms with E-state index in [9.17, 15) is 13.2 Å². The van der Waals surface area contributed by atoms with E-state index in [-0.39, 0.29) is 21.5 Å². The molecule has 0 radical (unpaired) electrons. The van der Waals surface area contributed by atoms with Crippen LogP contribution in [0.25, 0.3) is 0 Å². The number of ether oxygens (including phenoxy) is 3. The predicted molar refractivity (Wildman–Crippen MR) is 152 cm³/mol. The average molecular weight is 574 g/mol. The SMILES string of the molecule is CCOc1cc(C(=O)NC(=S)Nc2ccc(S(=O)(=O)Nc3nc(C)cc(C)n3)cc2)cc(OCC)c1OCC. The van der Waals surface area contributed by atoms with Crippen LogP contribution < -0.4 is 29.6 Å². The number of thiocarbonyl (C=S) groups is 1. The molecule has 1 heterocycles.